The first-order chi connectivity index (χ1) is 12.0. The lowest BCUT2D eigenvalue weighted by molar-refractivity contribution is -0.146. The number of hydrogen-bond donors (Lipinski definition) is 2. The van der Waals surface area contributed by atoms with Gasteiger partial charge in [0.05, 0.1) is 29.1 Å². The zero-order chi connectivity index (χ0) is 18.0. The Morgan fingerprint density at radius 3 is 2.76 bits per heavy atom. The molecule has 0 unspecified atom stereocenters. The van der Waals surface area contributed by atoms with E-state index in [1.165, 1.54) is 7.11 Å². The number of aromatic nitrogens is 1. The number of halogens is 2. The van der Waals surface area contributed by atoms with Gasteiger partial charge in [0.2, 0.25) is 0 Å². The van der Waals surface area contributed by atoms with E-state index in [0.29, 0.717) is 27.5 Å². The average molecular weight is 428 g/mol. The summed E-state index contributed by atoms with van der Waals surface area (Å²) in [6.45, 7) is 0.581. The van der Waals surface area contributed by atoms with Crippen LogP contribution in [0, 0.1) is 11.8 Å². The Hall–Kier alpha value is -1.53. The Bertz CT molecular complexity index is 797. The monoisotopic (exact) mass is 426 g/mol. The summed E-state index contributed by atoms with van der Waals surface area (Å²) in [7, 11) is 1.43. The standard InChI is InChI=1S/C18H20BrClN2O3/c1-25-18(24)11-4-2-10(3-5-11)9-22-17(23)14-15(20)13(19)8-12-6-7-21-16(12)14/h6-8,10-11,21H,2-5,9H2,1H3,(H,22,23)/t10-,11-. The molecule has 0 bridgehead atoms. The summed E-state index contributed by atoms with van der Waals surface area (Å²) in [4.78, 5) is 27.3. The van der Waals surface area contributed by atoms with Gasteiger partial charge in [-0.1, -0.05) is 11.6 Å². The summed E-state index contributed by atoms with van der Waals surface area (Å²) in [6.07, 6.45) is 5.23. The number of methoxy groups -OCH3 is 1. The van der Waals surface area contributed by atoms with Gasteiger partial charge in [0.1, 0.15) is 0 Å². The van der Waals surface area contributed by atoms with Crippen LogP contribution in [0.4, 0.5) is 0 Å². The molecule has 3 rings (SSSR count). The van der Waals surface area contributed by atoms with E-state index in [0.717, 1.165) is 36.6 Å². The molecule has 1 aliphatic carbocycles. The quantitative estimate of drug-likeness (QED) is 0.715. The normalized spacial score (nSPS) is 20.4. The fraction of sp³-hybridized carbons (Fsp3) is 0.444. The first kappa shape index (κ1) is 18.3. The second-order valence-electron chi connectivity index (χ2n) is 6.44. The SMILES string of the molecule is COC(=O)[C@H]1CC[C@H](CNC(=O)c2c(Cl)c(Br)cc3cc[nH]c23)CC1. The number of carbonyl (C=O) groups excluding carboxylic acids is 2. The van der Waals surface area contributed by atoms with Crippen LogP contribution in [0.3, 0.4) is 0 Å². The third kappa shape index (κ3) is 3.85. The van der Waals surface area contributed by atoms with Crippen LogP contribution in [0.25, 0.3) is 10.9 Å². The van der Waals surface area contributed by atoms with E-state index in [1.54, 1.807) is 6.20 Å². The minimum absolute atomic E-state index is 0.00461. The van der Waals surface area contributed by atoms with E-state index in [4.69, 9.17) is 16.3 Å². The summed E-state index contributed by atoms with van der Waals surface area (Å²) in [5, 5.41) is 4.33. The molecule has 1 aromatic carbocycles. The van der Waals surface area contributed by atoms with Crippen molar-refractivity contribution in [2.75, 3.05) is 13.7 Å². The molecule has 134 valence electrons. The fourth-order valence-electron chi connectivity index (χ4n) is 3.45. The van der Waals surface area contributed by atoms with Gasteiger partial charge in [-0.3, -0.25) is 9.59 Å². The predicted octanol–water partition coefficient (Wildman–Crippen LogP) is 4.29. The number of rotatable bonds is 4. The average Bonchev–Trinajstić information content (AvgIpc) is 3.08. The minimum Gasteiger partial charge on any atom is -0.469 e. The van der Waals surface area contributed by atoms with Crippen LogP contribution in [0.2, 0.25) is 5.02 Å². The molecule has 0 saturated heterocycles. The highest BCUT2D eigenvalue weighted by Gasteiger charge is 2.27. The van der Waals surface area contributed by atoms with Crippen LogP contribution in [-0.4, -0.2) is 30.5 Å². The predicted molar refractivity (Wildman–Crippen MR) is 101 cm³/mol. The maximum atomic E-state index is 12.7. The van der Waals surface area contributed by atoms with E-state index in [2.05, 4.69) is 26.2 Å². The van der Waals surface area contributed by atoms with Gasteiger partial charge in [0, 0.05) is 22.6 Å². The number of aromatic amines is 1. The molecule has 2 N–H and O–H groups in total. The van der Waals surface area contributed by atoms with Crippen LogP contribution in [0.5, 0.6) is 0 Å². The summed E-state index contributed by atoms with van der Waals surface area (Å²) in [6, 6.07) is 3.79. The molecule has 0 spiro atoms. The van der Waals surface area contributed by atoms with Crippen molar-refractivity contribution >= 4 is 50.3 Å². The van der Waals surface area contributed by atoms with Gasteiger partial charge in [-0.15, -0.1) is 0 Å². The number of fused-ring (bicyclic) bond motifs is 1. The molecule has 1 heterocycles. The highest BCUT2D eigenvalue weighted by Crippen LogP contribution is 2.33. The second kappa shape index (κ2) is 7.79. The van der Waals surface area contributed by atoms with E-state index in [1.807, 2.05) is 12.1 Å². The fourth-order valence-corrected chi connectivity index (χ4v) is 4.13. The lowest BCUT2D eigenvalue weighted by Crippen LogP contribution is -2.33. The topological polar surface area (TPSA) is 71.2 Å². The first-order valence-electron chi connectivity index (χ1n) is 8.32. The van der Waals surface area contributed by atoms with Gasteiger partial charge in [0.25, 0.3) is 5.91 Å². The third-order valence-corrected chi connectivity index (χ3v) is 6.15. The van der Waals surface area contributed by atoms with Crippen molar-refractivity contribution in [3.05, 3.63) is 33.4 Å². The van der Waals surface area contributed by atoms with E-state index >= 15 is 0 Å². The van der Waals surface area contributed by atoms with Crippen molar-refractivity contribution in [2.45, 2.75) is 25.7 Å². The highest BCUT2D eigenvalue weighted by atomic mass is 79.9. The van der Waals surface area contributed by atoms with Crippen molar-refractivity contribution in [3.8, 4) is 0 Å². The smallest absolute Gasteiger partial charge is 0.308 e. The molecule has 1 saturated carbocycles. The second-order valence-corrected chi connectivity index (χ2v) is 7.67. The van der Waals surface area contributed by atoms with Crippen molar-refractivity contribution in [3.63, 3.8) is 0 Å². The van der Waals surface area contributed by atoms with Crippen LogP contribution < -0.4 is 5.32 Å². The van der Waals surface area contributed by atoms with Crippen LogP contribution >= 0.6 is 27.5 Å². The Labute approximate surface area is 159 Å². The maximum absolute atomic E-state index is 12.7. The maximum Gasteiger partial charge on any atom is 0.308 e. The molecule has 7 heteroatoms. The zero-order valence-electron chi connectivity index (χ0n) is 13.9. The molecule has 5 nitrogen and oxygen atoms in total. The lowest BCUT2D eigenvalue weighted by atomic mass is 9.82. The van der Waals surface area contributed by atoms with Crippen molar-refractivity contribution in [1.82, 2.24) is 10.3 Å². The van der Waals surface area contributed by atoms with Gasteiger partial charge in [-0.25, -0.2) is 0 Å². The number of ether oxygens (including phenoxy) is 1. The third-order valence-electron chi connectivity index (χ3n) is 4.90. The van der Waals surface area contributed by atoms with E-state index in [9.17, 15) is 9.59 Å². The molecular formula is C18H20BrClN2O3. The summed E-state index contributed by atoms with van der Waals surface area (Å²) < 4.78 is 5.51. The molecular weight excluding hydrogens is 408 g/mol. The van der Waals surface area contributed by atoms with E-state index in [-0.39, 0.29) is 17.8 Å². The van der Waals surface area contributed by atoms with Gasteiger partial charge < -0.3 is 15.0 Å². The molecule has 25 heavy (non-hydrogen) atoms. The number of nitrogens with one attached hydrogen (secondary N) is 2. The molecule has 0 atom stereocenters. The van der Waals surface area contributed by atoms with Crippen molar-refractivity contribution < 1.29 is 14.3 Å². The Balaban J connectivity index is 1.64. The Morgan fingerprint density at radius 1 is 1.36 bits per heavy atom. The molecule has 1 fully saturated rings. The van der Waals surface area contributed by atoms with Crippen molar-refractivity contribution in [2.24, 2.45) is 11.8 Å². The van der Waals surface area contributed by atoms with Crippen molar-refractivity contribution in [1.29, 1.82) is 0 Å². The van der Waals surface area contributed by atoms with Gasteiger partial charge in [-0.2, -0.15) is 0 Å². The molecule has 1 amide bonds. The number of benzene rings is 1. The largest absolute Gasteiger partial charge is 0.469 e. The van der Waals surface area contributed by atoms with Gasteiger partial charge >= 0.3 is 5.97 Å². The number of H-pyrrole nitrogens is 1. The number of amides is 1. The molecule has 1 aliphatic rings. The minimum atomic E-state index is -0.186. The lowest BCUT2D eigenvalue weighted by Gasteiger charge is -2.27. The van der Waals surface area contributed by atoms with Crippen LogP contribution in [0.15, 0.2) is 22.8 Å². The van der Waals surface area contributed by atoms with Crippen LogP contribution in [-0.2, 0) is 9.53 Å². The number of esters is 1. The molecule has 0 radical (unpaired) electrons. The number of hydrogen-bond acceptors (Lipinski definition) is 3. The zero-order valence-corrected chi connectivity index (χ0v) is 16.2. The summed E-state index contributed by atoms with van der Waals surface area (Å²) in [5.41, 5.74) is 1.19. The molecule has 1 aromatic heterocycles. The van der Waals surface area contributed by atoms with E-state index < -0.39 is 0 Å². The van der Waals surface area contributed by atoms with Crippen LogP contribution in [0.1, 0.15) is 36.0 Å². The molecule has 2 aromatic rings. The number of carbonyl (C=O) groups is 2. The summed E-state index contributed by atoms with van der Waals surface area (Å²) >= 11 is 9.74. The van der Waals surface area contributed by atoms with Gasteiger partial charge in [-0.05, 0) is 59.7 Å². The molecule has 0 aliphatic heterocycles. The Morgan fingerprint density at radius 2 is 2.08 bits per heavy atom. The Kier molecular flexibility index (Phi) is 5.69. The van der Waals surface area contributed by atoms with Gasteiger partial charge in [0.15, 0.2) is 0 Å². The first-order valence-corrected chi connectivity index (χ1v) is 9.49. The highest BCUT2D eigenvalue weighted by molar-refractivity contribution is 9.10. The summed E-state index contributed by atoms with van der Waals surface area (Å²) in [5.74, 6) is 0.0521.